The normalized spacial score (nSPS) is 13.1. The molecule has 2 heterocycles. The minimum Gasteiger partial charge on any atom is -0.467 e. The lowest BCUT2D eigenvalue weighted by molar-refractivity contribution is 0.0631. The van der Waals surface area contributed by atoms with Crippen LogP contribution in [0.4, 0.5) is 5.69 Å². The molecule has 0 saturated carbocycles. The molecule has 0 unspecified atom stereocenters. The number of furan rings is 1. The first-order chi connectivity index (χ1) is 13.9. The first-order valence-electron chi connectivity index (χ1n) is 9.38. The molecule has 0 fully saturated rings. The number of imide groups is 1. The molecule has 0 spiro atoms. The molecule has 1 aromatic heterocycles. The molecule has 0 radical (unpaired) electrons. The topological polar surface area (TPSA) is 79.6 Å². The van der Waals surface area contributed by atoms with Gasteiger partial charge in [0.25, 0.3) is 17.7 Å². The fraction of sp³-hybridized carbons (Fsp3) is 0.174. The van der Waals surface area contributed by atoms with E-state index in [1.807, 2.05) is 24.3 Å². The van der Waals surface area contributed by atoms with Gasteiger partial charge in [0, 0.05) is 11.3 Å². The number of fused-ring (bicyclic) bond motifs is 1. The van der Waals surface area contributed by atoms with Crippen LogP contribution in [-0.2, 0) is 6.54 Å². The number of anilines is 1. The summed E-state index contributed by atoms with van der Waals surface area (Å²) >= 11 is 0. The van der Waals surface area contributed by atoms with Crippen LogP contribution < -0.4 is 5.32 Å². The zero-order valence-electron chi connectivity index (χ0n) is 16.1. The van der Waals surface area contributed by atoms with Gasteiger partial charge in [-0.25, -0.2) is 0 Å². The first kappa shape index (κ1) is 18.7. The van der Waals surface area contributed by atoms with E-state index in [-0.39, 0.29) is 18.0 Å². The highest BCUT2D eigenvalue weighted by molar-refractivity contribution is 6.22. The van der Waals surface area contributed by atoms with E-state index in [0.717, 1.165) is 4.90 Å². The Kier molecular flexibility index (Phi) is 4.76. The van der Waals surface area contributed by atoms with Crippen LogP contribution in [0.3, 0.4) is 0 Å². The van der Waals surface area contributed by atoms with Gasteiger partial charge in [0.05, 0.1) is 23.9 Å². The number of nitrogens with one attached hydrogen (secondary N) is 1. The summed E-state index contributed by atoms with van der Waals surface area (Å²) in [5.41, 5.74) is 2.68. The van der Waals surface area contributed by atoms with Crippen molar-refractivity contribution in [1.82, 2.24) is 4.90 Å². The van der Waals surface area contributed by atoms with Crippen LogP contribution in [0.5, 0.6) is 0 Å². The highest BCUT2D eigenvalue weighted by Gasteiger charge is 2.36. The summed E-state index contributed by atoms with van der Waals surface area (Å²) in [7, 11) is 0. The van der Waals surface area contributed by atoms with Gasteiger partial charge in [-0.1, -0.05) is 26.0 Å². The van der Waals surface area contributed by atoms with Crippen molar-refractivity contribution in [3.63, 3.8) is 0 Å². The molecule has 3 aromatic rings. The Labute approximate surface area is 168 Å². The second kappa shape index (κ2) is 7.39. The number of nitrogens with zero attached hydrogens (tertiary/aromatic N) is 1. The van der Waals surface area contributed by atoms with Crippen LogP contribution in [-0.4, -0.2) is 22.6 Å². The van der Waals surface area contributed by atoms with Gasteiger partial charge in [-0.05, 0) is 53.9 Å². The van der Waals surface area contributed by atoms with Gasteiger partial charge >= 0.3 is 0 Å². The molecule has 1 aliphatic heterocycles. The van der Waals surface area contributed by atoms with Gasteiger partial charge < -0.3 is 9.73 Å². The molecule has 1 N–H and O–H groups in total. The Morgan fingerprint density at radius 3 is 2.38 bits per heavy atom. The van der Waals surface area contributed by atoms with Gasteiger partial charge in [0.1, 0.15) is 5.76 Å². The zero-order chi connectivity index (χ0) is 20.5. The molecule has 29 heavy (non-hydrogen) atoms. The summed E-state index contributed by atoms with van der Waals surface area (Å²) in [6.07, 6.45) is 1.49. The SMILES string of the molecule is CC(C)c1ccc(NC(=O)c2ccc3c(c2)C(=O)N(Cc2ccco2)C3=O)cc1. The van der Waals surface area contributed by atoms with E-state index >= 15 is 0 Å². The molecular weight excluding hydrogens is 368 g/mol. The third-order valence-electron chi connectivity index (χ3n) is 4.96. The number of hydrogen-bond donors (Lipinski definition) is 1. The Hall–Kier alpha value is -3.67. The number of carbonyl (C=O) groups is 3. The minimum absolute atomic E-state index is 0.0586. The van der Waals surface area contributed by atoms with Crippen molar-refractivity contribution in [3.8, 4) is 0 Å². The predicted molar refractivity (Wildman–Crippen MR) is 108 cm³/mol. The molecule has 0 atom stereocenters. The zero-order valence-corrected chi connectivity index (χ0v) is 16.1. The average molecular weight is 388 g/mol. The van der Waals surface area contributed by atoms with Crippen molar-refractivity contribution in [2.75, 3.05) is 5.32 Å². The van der Waals surface area contributed by atoms with Crippen LogP contribution in [0.1, 0.15) is 62.2 Å². The molecule has 0 aliphatic carbocycles. The van der Waals surface area contributed by atoms with Crippen molar-refractivity contribution in [3.05, 3.63) is 88.9 Å². The van der Waals surface area contributed by atoms with Gasteiger partial charge in [-0.15, -0.1) is 0 Å². The van der Waals surface area contributed by atoms with Crippen LogP contribution in [0, 0.1) is 0 Å². The van der Waals surface area contributed by atoms with Crippen molar-refractivity contribution in [2.24, 2.45) is 0 Å². The molecule has 2 aromatic carbocycles. The van der Waals surface area contributed by atoms with E-state index in [1.165, 1.54) is 24.0 Å². The van der Waals surface area contributed by atoms with E-state index in [0.29, 0.717) is 28.5 Å². The van der Waals surface area contributed by atoms with Gasteiger partial charge in [0.2, 0.25) is 0 Å². The second-order valence-electron chi connectivity index (χ2n) is 7.27. The standard InChI is InChI=1S/C23H20N2O4/c1-14(2)15-5-8-17(9-6-15)24-21(26)16-7-10-19-20(12-16)23(28)25(22(19)27)13-18-4-3-11-29-18/h3-12,14H,13H2,1-2H3,(H,24,26). The number of benzene rings is 2. The first-order valence-corrected chi connectivity index (χ1v) is 9.38. The molecular formula is C23H20N2O4. The fourth-order valence-corrected chi connectivity index (χ4v) is 3.29. The number of amides is 3. The van der Waals surface area contributed by atoms with Crippen LogP contribution in [0.15, 0.2) is 65.3 Å². The molecule has 0 bridgehead atoms. The van der Waals surface area contributed by atoms with Crippen LogP contribution >= 0.6 is 0 Å². The lowest BCUT2D eigenvalue weighted by Gasteiger charge is -2.11. The molecule has 6 heteroatoms. The molecule has 6 nitrogen and oxygen atoms in total. The number of rotatable bonds is 5. The van der Waals surface area contributed by atoms with Crippen molar-refractivity contribution in [2.45, 2.75) is 26.3 Å². The lowest BCUT2D eigenvalue weighted by Crippen LogP contribution is -2.28. The predicted octanol–water partition coefficient (Wildman–Crippen LogP) is 4.45. The summed E-state index contributed by atoms with van der Waals surface area (Å²) < 4.78 is 5.23. The summed E-state index contributed by atoms with van der Waals surface area (Å²) in [4.78, 5) is 39.0. The van der Waals surface area contributed by atoms with Crippen LogP contribution in [0.25, 0.3) is 0 Å². The van der Waals surface area contributed by atoms with E-state index < -0.39 is 11.8 Å². The highest BCUT2D eigenvalue weighted by atomic mass is 16.3. The average Bonchev–Trinajstić information content (AvgIpc) is 3.31. The Bertz CT molecular complexity index is 1080. The Morgan fingerprint density at radius 2 is 1.72 bits per heavy atom. The summed E-state index contributed by atoms with van der Waals surface area (Å²) in [6.45, 7) is 4.26. The maximum Gasteiger partial charge on any atom is 0.261 e. The largest absolute Gasteiger partial charge is 0.467 e. The third-order valence-corrected chi connectivity index (χ3v) is 4.96. The fourth-order valence-electron chi connectivity index (χ4n) is 3.29. The van der Waals surface area contributed by atoms with Crippen molar-refractivity contribution in [1.29, 1.82) is 0 Å². The summed E-state index contributed by atoms with van der Waals surface area (Å²) in [5.74, 6) is -0.240. The molecule has 3 amide bonds. The van der Waals surface area contributed by atoms with Gasteiger partial charge in [-0.3, -0.25) is 19.3 Å². The van der Waals surface area contributed by atoms with Crippen molar-refractivity contribution < 1.29 is 18.8 Å². The minimum atomic E-state index is -0.433. The van der Waals surface area contributed by atoms with E-state index in [9.17, 15) is 14.4 Å². The smallest absolute Gasteiger partial charge is 0.261 e. The van der Waals surface area contributed by atoms with Gasteiger partial charge in [0.15, 0.2) is 0 Å². The Morgan fingerprint density at radius 1 is 1.00 bits per heavy atom. The second-order valence-corrected chi connectivity index (χ2v) is 7.27. The number of hydrogen-bond acceptors (Lipinski definition) is 4. The van der Waals surface area contributed by atoms with Crippen LogP contribution in [0.2, 0.25) is 0 Å². The third kappa shape index (κ3) is 3.57. The van der Waals surface area contributed by atoms with E-state index in [1.54, 1.807) is 18.2 Å². The highest BCUT2D eigenvalue weighted by Crippen LogP contribution is 2.26. The van der Waals surface area contributed by atoms with E-state index in [2.05, 4.69) is 19.2 Å². The molecule has 146 valence electrons. The van der Waals surface area contributed by atoms with Gasteiger partial charge in [-0.2, -0.15) is 0 Å². The lowest BCUT2D eigenvalue weighted by atomic mass is 10.0. The summed E-state index contributed by atoms with van der Waals surface area (Å²) in [6, 6.07) is 15.6. The summed E-state index contributed by atoms with van der Waals surface area (Å²) in [5, 5.41) is 2.83. The quantitative estimate of drug-likeness (QED) is 0.655. The maximum atomic E-state index is 12.7. The molecule has 1 aliphatic rings. The molecule has 0 saturated heterocycles. The number of carbonyl (C=O) groups excluding carboxylic acids is 3. The van der Waals surface area contributed by atoms with Crippen molar-refractivity contribution >= 4 is 23.4 Å². The Balaban J connectivity index is 1.53. The van der Waals surface area contributed by atoms with E-state index in [4.69, 9.17) is 4.42 Å². The molecule has 4 rings (SSSR count). The monoisotopic (exact) mass is 388 g/mol. The maximum absolute atomic E-state index is 12.7.